The number of sulfonamides is 1. The highest BCUT2D eigenvalue weighted by Gasteiger charge is 2.16. The lowest BCUT2D eigenvalue weighted by atomic mass is 10.1. The van der Waals surface area contributed by atoms with Crippen LogP contribution in [-0.4, -0.2) is 40.0 Å². The van der Waals surface area contributed by atoms with E-state index in [0.29, 0.717) is 24.5 Å². The molecule has 108 valence electrons. The lowest BCUT2D eigenvalue weighted by molar-refractivity contribution is 0.358. The summed E-state index contributed by atoms with van der Waals surface area (Å²) in [5.41, 5.74) is 7.09. The first kappa shape index (κ1) is 16.1. The maximum atomic E-state index is 12.2. The van der Waals surface area contributed by atoms with Crippen LogP contribution in [0.5, 0.6) is 0 Å². The lowest BCUT2D eigenvalue weighted by Gasteiger charge is -2.15. The van der Waals surface area contributed by atoms with E-state index in [2.05, 4.69) is 4.72 Å². The Morgan fingerprint density at radius 2 is 2.05 bits per heavy atom. The number of hydrogen-bond acceptors (Lipinski definition) is 4. The molecule has 1 aromatic rings. The second kappa shape index (κ2) is 7.00. The molecule has 0 saturated carbocycles. The van der Waals surface area contributed by atoms with E-state index >= 15 is 0 Å². The minimum atomic E-state index is -3.46. The predicted octanol–water partition coefficient (Wildman–Crippen LogP) is 0.684. The summed E-state index contributed by atoms with van der Waals surface area (Å²) in [4.78, 5) is 2.36. The Morgan fingerprint density at radius 1 is 1.37 bits per heavy atom. The minimum absolute atomic E-state index is 0.314. The van der Waals surface area contributed by atoms with Crippen molar-refractivity contribution in [2.24, 2.45) is 5.73 Å². The third-order valence-electron chi connectivity index (χ3n) is 3.10. The molecule has 0 aromatic heterocycles. The molecule has 0 atom stereocenters. The zero-order valence-corrected chi connectivity index (χ0v) is 12.6. The molecule has 19 heavy (non-hydrogen) atoms. The van der Waals surface area contributed by atoms with Crippen LogP contribution in [0.1, 0.15) is 18.1 Å². The van der Waals surface area contributed by atoms with Crippen molar-refractivity contribution in [2.75, 3.05) is 26.7 Å². The number of likely N-dealkylation sites (N-methyl/N-ethyl adjacent to an activating group) is 1. The van der Waals surface area contributed by atoms with Crippen LogP contribution < -0.4 is 10.5 Å². The molecule has 6 heteroatoms. The van der Waals surface area contributed by atoms with Gasteiger partial charge in [-0.05, 0) is 37.7 Å². The zero-order valence-electron chi connectivity index (χ0n) is 11.8. The molecule has 1 aromatic carbocycles. The molecule has 0 aliphatic carbocycles. The Balaban J connectivity index is 2.82. The Kier molecular flexibility index (Phi) is 5.93. The molecule has 0 amide bonds. The fourth-order valence-corrected chi connectivity index (χ4v) is 2.98. The number of nitrogens with one attached hydrogen (secondary N) is 1. The van der Waals surface area contributed by atoms with E-state index in [1.165, 1.54) is 0 Å². The fraction of sp³-hybridized carbons (Fsp3) is 0.538. The molecule has 0 radical (unpaired) electrons. The molecule has 0 unspecified atom stereocenters. The van der Waals surface area contributed by atoms with E-state index < -0.39 is 10.0 Å². The highest BCUT2D eigenvalue weighted by Crippen LogP contribution is 2.16. The van der Waals surface area contributed by atoms with Gasteiger partial charge in [0.05, 0.1) is 4.90 Å². The summed E-state index contributed by atoms with van der Waals surface area (Å²) in [5, 5.41) is 0. The molecular weight excluding hydrogens is 262 g/mol. The molecular formula is C13H23N3O2S. The van der Waals surface area contributed by atoms with Gasteiger partial charge in [-0.2, -0.15) is 0 Å². The number of hydrogen-bond donors (Lipinski definition) is 2. The van der Waals surface area contributed by atoms with E-state index in [9.17, 15) is 8.42 Å². The summed E-state index contributed by atoms with van der Waals surface area (Å²) in [6.07, 6.45) is 0. The van der Waals surface area contributed by atoms with Crippen LogP contribution in [0.2, 0.25) is 0 Å². The third kappa shape index (κ3) is 4.58. The van der Waals surface area contributed by atoms with Gasteiger partial charge in [-0.15, -0.1) is 0 Å². The summed E-state index contributed by atoms with van der Waals surface area (Å²) in [6, 6.07) is 5.27. The van der Waals surface area contributed by atoms with Gasteiger partial charge in [0.1, 0.15) is 0 Å². The van der Waals surface area contributed by atoms with Gasteiger partial charge < -0.3 is 10.6 Å². The van der Waals surface area contributed by atoms with Gasteiger partial charge in [0.15, 0.2) is 0 Å². The highest BCUT2D eigenvalue weighted by molar-refractivity contribution is 7.89. The number of aryl methyl sites for hydroxylation is 1. The van der Waals surface area contributed by atoms with Gasteiger partial charge in [-0.3, -0.25) is 0 Å². The maximum absolute atomic E-state index is 12.2. The second-order valence-corrected chi connectivity index (χ2v) is 6.33. The second-order valence-electron chi connectivity index (χ2n) is 4.60. The molecule has 0 fully saturated rings. The van der Waals surface area contributed by atoms with Crippen LogP contribution in [0.25, 0.3) is 0 Å². The number of benzene rings is 1. The van der Waals surface area contributed by atoms with E-state index in [1.54, 1.807) is 19.1 Å². The molecule has 0 bridgehead atoms. The minimum Gasteiger partial charge on any atom is -0.326 e. The molecule has 0 saturated heterocycles. The first-order chi connectivity index (χ1) is 8.90. The van der Waals surface area contributed by atoms with Crippen LogP contribution in [0, 0.1) is 6.92 Å². The molecule has 0 aliphatic heterocycles. The summed E-state index contributed by atoms with van der Waals surface area (Å²) >= 11 is 0. The Labute approximate surface area is 115 Å². The normalized spacial score (nSPS) is 12.1. The molecule has 3 N–H and O–H groups in total. The highest BCUT2D eigenvalue weighted by atomic mass is 32.2. The van der Waals surface area contributed by atoms with E-state index in [4.69, 9.17) is 5.73 Å². The van der Waals surface area contributed by atoms with Gasteiger partial charge >= 0.3 is 0 Å². The van der Waals surface area contributed by atoms with Crippen LogP contribution in [0.3, 0.4) is 0 Å². The fourth-order valence-electron chi connectivity index (χ4n) is 1.67. The summed E-state index contributed by atoms with van der Waals surface area (Å²) in [6.45, 7) is 6.13. The van der Waals surface area contributed by atoms with Crippen LogP contribution in [-0.2, 0) is 16.6 Å². The molecule has 0 aliphatic rings. The third-order valence-corrected chi connectivity index (χ3v) is 4.71. The Hall–Kier alpha value is -0.950. The molecule has 1 rings (SSSR count). The predicted molar refractivity (Wildman–Crippen MR) is 77.4 cm³/mol. The SMILES string of the molecule is CCN(C)CCNS(=O)(=O)c1cc(CN)ccc1C. The van der Waals surface area contributed by atoms with Crippen molar-refractivity contribution in [1.82, 2.24) is 9.62 Å². The molecule has 5 nitrogen and oxygen atoms in total. The summed E-state index contributed by atoms with van der Waals surface area (Å²) < 4.78 is 27.1. The van der Waals surface area contributed by atoms with Gasteiger partial charge in [0.2, 0.25) is 10.0 Å². The lowest BCUT2D eigenvalue weighted by Crippen LogP contribution is -2.33. The summed E-state index contributed by atoms with van der Waals surface area (Å²) in [7, 11) is -1.51. The topological polar surface area (TPSA) is 75.4 Å². The van der Waals surface area contributed by atoms with Crippen molar-refractivity contribution in [1.29, 1.82) is 0 Å². The Morgan fingerprint density at radius 3 is 2.63 bits per heavy atom. The van der Waals surface area contributed by atoms with Crippen molar-refractivity contribution in [3.8, 4) is 0 Å². The van der Waals surface area contributed by atoms with Crippen LogP contribution in [0.4, 0.5) is 0 Å². The van der Waals surface area contributed by atoms with Crippen molar-refractivity contribution in [2.45, 2.75) is 25.3 Å². The van der Waals surface area contributed by atoms with Crippen LogP contribution in [0.15, 0.2) is 23.1 Å². The van der Waals surface area contributed by atoms with Crippen LogP contribution >= 0.6 is 0 Å². The molecule has 0 spiro atoms. The number of nitrogens with two attached hydrogens (primary N) is 1. The molecule has 0 heterocycles. The first-order valence-electron chi connectivity index (χ1n) is 6.38. The van der Waals surface area contributed by atoms with Gasteiger partial charge in [0.25, 0.3) is 0 Å². The average Bonchev–Trinajstić information content (AvgIpc) is 2.38. The van der Waals surface area contributed by atoms with Crippen molar-refractivity contribution < 1.29 is 8.42 Å². The maximum Gasteiger partial charge on any atom is 0.240 e. The summed E-state index contributed by atoms with van der Waals surface area (Å²) in [5.74, 6) is 0. The van der Waals surface area contributed by atoms with Crippen molar-refractivity contribution in [3.63, 3.8) is 0 Å². The largest absolute Gasteiger partial charge is 0.326 e. The van der Waals surface area contributed by atoms with E-state index in [0.717, 1.165) is 17.7 Å². The standard InChI is InChI=1S/C13H23N3O2S/c1-4-16(3)8-7-15-19(17,18)13-9-12(10-14)6-5-11(13)2/h5-6,9,15H,4,7-8,10,14H2,1-3H3. The monoisotopic (exact) mass is 285 g/mol. The van der Waals surface area contributed by atoms with E-state index in [1.807, 2.05) is 24.9 Å². The van der Waals surface area contributed by atoms with Gasteiger partial charge in [-0.25, -0.2) is 13.1 Å². The number of nitrogens with zero attached hydrogens (tertiary/aromatic N) is 1. The van der Waals surface area contributed by atoms with E-state index in [-0.39, 0.29) is 0 Å². The van der Waals surface area contributed by atoms with Crippen molar-refractivity contribution in [3.05, 3.63) is 29.3 Å². The number of rotatable bonds is 7. The van der Waals surface area contributed by atoms with Gasteiger partial charge in [0, 0.05) is 19.6 Å². The first-order valence-corrected chi connectivity index (χ1v) is 7.86. The quantitative estimate of drug-likeness (QED) is 0.772. The smallest absolute Gasteiger partial charge is 0.240 e. The van der Waals surface area contributed by atoms with Gasteiger partial charge in [-0.1, -0.05) is 19.1 Å². The Bertz CT molecular complexity index is 515. The average molecular weight is 285 g/mol. The van der Waals surface area contributed by atoms with Crippen molar-refractivity contribution >= 4 is 10.0 Å². The zero-order chi connectivity index (χ0) is 14.5.